The van der Waals surface area contributed by atoms with E-state index >= 15 is 0 Å². The lowest BCUT2D eigenvalue weighted by atomic mass is 10.1. The van der Waals surface area contributed by atoms with Crippen molar-refractivity contribution >= 4 is 13.8 Å². The quantitative estimate of drug-likeness (QED) is 0.0286. The standard InChI is InChI=1S/C40H72NO7P/c1-3-5-7-9-11-13-15-17-18-19-20-21-22-24-26-28-30-32-35-45-37-39(38-47-49(43,44)46-36-34-41)48-40(42)33-31-29-27-25-23-16-14-12-10-8-6-4-2/h5,7,11-14,17-18,20-21,39H,3-4,6,8-10,15-16,19,22-38,41H2,1-2H3,(H,43,44)/b7-5-,13-11-,14-12-,18-17-,21-20-. The van der Waals surface area contributed by atoms with Crippen LogP contribution in [0.3, 0.4) is 0 Å². The van der Waals surface area contributed by atoms with Crippen molar-refractivity contribution in [1.29, 1.82) is 0 Å². The van der Waals surface area contributed by atoms with Gasteiger partial charge in [-0.1, -0.05) is 126 Å². The van der Waals surface area contributed by atoms with Crippen molar-refractivity contribution in [2.45, 2.75) is 155 Å². The second-order valence-electron chi connectivity index (χ2n) is 12.4. The van der Waals surface area contributed by atoms with Crippen molar-refractivity contribution in [3.63, 3.8) is 0 Å². The highest BCUT2D eigenvalue weighted by atomic mass is 31.2. The summed E-state index contributed by atoms with van der Waals surface area (Å²) in [6, 6.07) is 0. The summed E-state index contributed by atoms with van der Waals surface area (Å²) < 4.78 is 33.3. The number of nitrogens with two attached hydrogens (primary N) is 1. The first kappa shape index (κ1) is 47.2. The molecule has 0 aliphatic carbocycles. The van der Waals surface area contributed by atoms with Crippen LogP contribution in [0.5, 0.6) is 0 Å². The molecule has 0 aliphatic rings. The number of phosphoric acid groups is 1. The lowest BCUT2D eigenvalue weighted by Gasteiger charge is -2.20. The highest BCUT2D eigenvalue weighted by Crippen LogP contribution is 2.43. The van der Waals surface area contributed by atoms with Crippen LogP contribution in [0.2, 0.25) is 0 Å². The van der Waals surface area contributed by atoms with E-state index in [1.807, 2.05) is 0 Å². The van der Waals surface area contributed by atoms with E-state index in [2.05, 4.69) is 74.6 Å². The molecule has 2 unspecified atom stereocenters. The van der Waals surface area contributed by atoms with Crippen LogP contribution in [0.15, 0.2) is 60.8 Å². The fourth-order valence-corrected chi connectivity index (χ4v) is 5.63. The molecule has 0 fully saturated rings. The number of rotatable bonds is 36. The second kappa shape index (κ2) is 37.5. The molecule has 0 radical (unpaired) electrons. The number of ether oxygens (including phenoxy) is 2. The van der Waals surface area contributed by atoms with Crippen molar-refractivity contribution in [3.05, 3.63) is 60.8 Å². The molecule has 0 aromatic heterocycles. The zero-order valence-corrected chi connectivity index (χ0v) is 32.1. The van der Waals surface area contributed by atoms with Crippen LogP contribution in [0.1, 0.15) is 149 Å². The second-order valence-corrected chi connectivity index (χ2v) is 13.9. The lowest BCUT2D eigenvalue weighted by molar-refractivity contribution is -0.154. The van der Waals surface area contributed by atoms with E-state index < -0.39 is 13.9 Å². The summed E-state index contributed by atoms with van der Waals surface area (Å²) in [5, 5.41) is 0. The van der Waals surface area contributed by atoms with Crippen LogP contribution in [0.25, 0.3) is 0 Å². The zero-order valence-electron chi connectivity index (χ0n) is 31.2. The number of carbonyl (C=O) groups is 1. The van der Waals surface area contributed by atoms with Crippen LogP contribution < -0.4 is 5.73 Å². The van der Waals surface area contributed by atoms with E-state index in [-0.39, 0.29) is 32.3 Å². The fraction of sp³-hybridized carbons (Fsp3) is 0.725. The van der Waals surface area contributed by atoms with Gasteiger partial charge in [0.2, 0.25) is 0 Å². The van der Waals surface area contributed by atoms with Crippen LogP contribution in [0, 0.1) is 0 Å². The van der Waals surface area contributed by atoms with Crippen molar-refractivity contribution in [2.24, 2.45) is 5.73 Å². The highest BCUT2D eigenvalue weighted by molar-refractivity contribution is 7.47. The highest BCUT2D eigenvalue weighted by Gasteiger charge is 2.25. The average molecular weight is 710 g/mol. The number of allylic oxidation sites excluding steroid dienone is 10. The first-order valence-electron chi connectivity index (χ1n) is 19.3. The molecule has 0 spiro atoms. The third-order valence-electron chi connectivity index (χ3n) is 7.67. The number of esters is 1. The van der Waals surface area contributed by atoms with Gasteiger partial charge in [0.05, 0.1) is 19.8 Å². The molecular weight excluding hydrogens is 637 g/mol. The van der Waals surface area contributed by atoms with Gasteiger partial charge < -0.3 is 20.1 Å². The van der Waals surface area contributed by atoms with Gasteiger partial charge in [0.25, 0.3) is 0 Å². The molecule has 0 saturated heterocycles. The minimum Gasteiger partial charge on any atom is -0.457 e. The number of carbonyl (C=O) groups excluding carboxylic acids is 1. The molecule has 8 nitrogen and oxygen atoms in total. The number of hydrogen-bond donors (Lipinski definition) is 2. The Morgan fingerprint density at radius 2 is 1.14 bits per heavy atom. The molecule has 0 aliphatic heterocycles. The van der Waals surface area contributed by atoms with Gasteiger partial charge in [0, 0.05) is 19.6 Å². The van der Waals surface area contributed by atoms with Gasteiger partial charge in [0.15, 0.2) is 0 Å². The molecule has 49 heavy (non-hydrogen) atoms. The summed E-state index contributed by atoms with van der Waals surface area (Å²) in [5.41, 5.74) is 5.35. The minimum atomic E-state index is -4.28. The molecule has 9 heteroatoms. The van der Waals surface area contributed by atoms with Gasteiger partial charge in [-0.15, -0.1) is 0 Å². The molecule has 0 bridgehead atoms. The Morgan fingerprint density at radius 3 is 1.73 bits per heavy atom. The summed E-state index contributed by atoms with van der Waals surface area (Å²) in [4.78, 5) is 22.4. The Bertz CT molecular complexity index is 932. The maximum absolute atomic E-state index is 12.5. The van der Waals surface area contributed by atoms with Crippen LogP contribution in [-0.2, 0) is 27.9 Å². The summed E-state index contributed by atoms with van der Waals surface area (Å²) in [6.45, 7) is 4.70. The van der Waals surface area contributed by atoms with E-state index in [0.29, 0.717) is 13.0 Å². The minimum absolute atomic E-state index is 0.0929. The predicted molar refractivity (Wildman–Crippen MR) is 205 cm³/mol. The molecule has 3 N–H and O–H groups in total. The monoisotopic (exact) mass is 710 g/mol. The van der Waals surface area contributed by atoms with E-state index in [1.54, 1.807) is 0 Å². The summed E-state index contributed by atoms with van der Waals surface area (Å²) >= 11 is 0. The Labute approximate surface area is 300 Å². The van der Waals surface area contributed by atoms with Crippen LogP contribution in [0.4, 0.5) is 0 Å². The van der Waals surface area contributed by atoms with Gasteiger partial charge in [-0.05, 0) is 77.0 Å². The molecule has 0 aromatic rings. The fourth-order valence-electron chi connectivity index (χ4n) is 4.86. The largest absolute Gasteiger partial charge is 0.472 e. The van der Waals surface area contributed by atoms with Crippen molar-refractivity contribution in [2.75, 3.05) is 33.0 Å². The third-order valence-corrected chi connectivity index (χ3v) is 8.65. The van der Waals surface area contributed by atoms with E-state index in [4.69, 9.17) is 24.3 Å². The average Bonchev–Trinajstić information content (AvgIpc) is 3.09. The SMILES string of the molecule is CC/C=C\C/C=C\C/C=C\C/C=C\CCCCCCCOCC(COP(=O)(O)OCCN)OC(=O)CCCCCCC/C=C\CCCCC. The molecule has 2 atom stereocenters. The summed E-state index contributed by atoms with van der Waals surface area (Å²) in [5.74, 6) is -0.351. The molecule has 0 aromatic carbocycles. The van der Waals surface area contributed by atoms with Gasteiger partial charge in [-0.2, -0.15) is 0 Å². The lowest BCUT2D eigenvalue weighted by Crippen LogP contribution is -2.28. The Hall–Kier alpha value is -1.80. The molecule has 0 saturated carbocycles. The van der Waals surface area contributed by atoms with E-state index in [0.717, 1.165) is 83.5 Å². The van der Waals surface area contributed by atoms with Crippen molar-refractivity contribution < 1.29 is 32.8 Å². The van der Waals surface area contributed by atoms with E-state index in [1.165, 1.54) is 44.9 Å². The third kappa shape index (κ3) is 37.3. The summed E-state index contributed by atoms with van der Waals surface area (Å²) in [7, 11) is -4.28. The van der Waals surface area contributed by atoms with Gasteiger partial charge in [0.1, 0.15) is 6.10 Å². The van der Waals surface area contributed by atoms with Crippen molar-refractivity contribution in [1.82, 2.24) is 0 Å². The maximum Gasteiger partial charge on any atom is 0.472 e. The Balaban J connectivity index is 4.13. The smallest absolute Gasteiger partial charge is 0.457 e. The first-order chi connectivity index (χ1) is 23.9. The van der Waals surface area contributed by atoms with Crippen LogP contribution >= 0.6 is 7.82 Å². The topological polar surface area (TPSA) is 117 Å². The number of unbranched alkanes of at least 4 members (excludes halogenated alkanes) is 13. The Morgan fingerprint density at radius 1 is 0.633 bits per heavy atom. The first-order valence-corrected chi connectivity index (χ1v) is 20.8. The van der Waals surface area contributed by atoms with E-state index in [9.17, 15) is 14.3 Å². The number of phosphoric ester groups is 1. The van der Waals surface area contributed by atoms with Crippen molar-refractivity contribution in [3.8, 4) is 0 Å². The molecule has 284 valence electrons. The molecule has 0 amide bonds. The van der Waals surface area contributed by atoms with Gasteiger partial charge in [-0.25, -0.2) is 4.57 Å². The normalized spacial score (nSPS) is 14.3. The van der Waals surface area contributed by atoms with Gasteiger partial charge in [-0.3, -0.25) is 13.8 Å². The molecular formula is C40H72NO7P. The van der Waals surface area contributed by atoms with Crippen LogP contribution in [-0.4, -0.2) is 49.9 Å². The maximum atomic E-state index is 12.5. The van der Waals surface area contributed by atoms with Gasteiger partial charge >= 0.3 is 13.8 Å². The summed E-state index contributed by atoms with van der Waals surface area (Å²) in [6.07, 6.45) is 43.8. The Kier molecular flexibility index (Phi) is 36.1. The molecule has 0 heterocycles. The predicted octanol–water partition coefficient (Wildman–Crippen LogP) is 11.0. The molecule has 0 rings (SSSR count). The zero-order chi connectivity index (χ0) is 35.9. The number of hydrogen-bond acceptors (Lipinski definition) is 7.